The number of nitrogens with one attached hydrogen (secondary N) is 1. The first kappa shape index (κ1) is 16.5. The van der Waals surface area contributed by atoms with Crippen LogP contribution in [-0.4, -0.2) is 31.3 Å². The van der Waals surface area contributed by atoms with Gasteiger partial charge in [-0.25, -0.2) is 9.59 Å². The van der Waals surface area contributed by atoms with Crippen molar-refractivity contribution in [3.05, 3.63) is 12.7 Å². The van der Waals surface area contributed by atoms with Crippen molar-refractivity contribution in [2.75, 3.05) is 13.2 Å². The van der Waals surface area contributed by atoms with Crippen molar-refractivity contribution in [1.29, 1.82) is 0 Å². The molecule has 5 heteroatoms. The number of carbonyl (C=O) groups excluding carboxylic acids is 2. The largest absolute Gasteiger partial charge is 0.464 e. The average Bonchev–Trinajstić information content (AvgIpc) is 2.31. The molecule has 0 rings (SSSR count). The Hall–Kier alpha value is -1.52. The van der Waals surface area contributed by atoms with E-state index in [2.05, 4.69) is 25.7 Å². The van der Waals surface area contributed by atoms with Crippen molar-refractivity contribution in [3.63, 3.8) is 0 Å². The summed E-state index contributed by atoms with van der Waals surface area (Å²) in [5.74, 6) is 0.141. The maximum Gasteiger partial charge on any atom is 0.408 e. The molecule has 0 aromatic rings. The Kier molecular flexibility index (Phi) is 8.70. The molecule has 0 bridgehead atoms. The van der Waals surface area contributed by atoms with Crippen LogP contribution in [0.1, 0.15) is 33.6 Å². The molecule has 5 nitrogen and oxygen atoms in total. The van der Waals surface area contributed by atoms with Gasteiger partial charge in [0.1, 0.15) is 12.6 Å². The lowest BCUT2D eigenvalue weighted by atomic mass is 10.1. The fraction of sp³-hybridized carbons (Fsp3) is 0.692. The Morgan fingerprint density at radius 2 is 1.94 bits per heavy atom. The SMILES string of the molecule is C=CCOC(=O)NC(C)C(=O)OCCCC(C)C. The van der Waals surface area contributed by atoms with E-state index >= 15 is 0 Å². The predicted octanol–water partition coefficient (Wildman–Crippen LogP) is 2.27. The summed E-state index contributed by atoms with van der Waals surface area (Å²) in [5, 5.41) is 2.38. The monoisotopic (exact) mass is 257 g/mol. The molecule has 0 saturated carbocycles. The summed E-state index contributed by atoms with van der Waals surface area (Å²) in [6, 6.07) is -0.707. The van der Waals surface area contributed by atoms with Crippen LogP contribution in [0.15, 0.2) is 12.7 Å². The van der Waals surface area contributed by atoms with Gasteiger partial charge in [-0.2, -0.15) is 0 Å². The molecule has 1 unspecified atom stereocenters. The molecule has 18 heavy (non-hydrogen) atoms. The molecule has 0 heterocycles. The Morgan fingerprint density at radius 1 is 1.28 bits per heavy atom. The second-order valence-corrected chi connectivity index (χ2v) is 4.46. The molecule has 1 N–H and O–H groups in total. The Balaban J connectivity index is 3.75. The van der Waals surface area contributed by atoms with Crippen molar-refractivity contribution in [1.82, 2.24) is 5.32 Å². The summed E-state index contributed by atoms with van der Waals surface area (Å²) in [4.78, 5) is 22.6. The van der Waals surface area contributed by atoms with E-state index in [1.165, 1.54) is 6.08 Å². The number of esters is 1. The molecule has 0 saturated heterocycles. The molecular formula is C13H23NO4. The van der Waals surface area contributed by atoms with Crippen LogP contribution in [0, 0.1) is 5.92 Å². The highest BCUT2D eigenvalue weighted by atomic mass is 16.6. The van der Waals surface area contributed by atoms with Gasteiger partial charge in [-0.1, -0.05) is 26.5 Å². The third kappa shape index (κ3) is 8.61. The van der Waals surface area contributed by atoms with E-state index in [0.29, 0.717) is 12.5 Å². The van der Waals surface area contributed by atoms with Gasteiger partial charge in [-0.05, 0) is 25.7 Å². The van der Waals surface area contributed by atoms with Crippen LogP contribution in [0.4, 0.5) is 4.79 Å². The van der Waals surface area contributed by atoms with Gasteiger partial charge in [0, 0.05) is 0 Å². The van der Waals surface area contributed by atoms with Gasteiger partial charge in [0.2, 0.25) is 0 Å². The predicted molar refractivity (Wildman–Crippen MR) is 69.2 cm³/mol. The van der Waals surface area contributed by atoms with Crippen LogP contribution in [0.5, 0.6) is 0 Å². The number of carbonyl (C=O) groups is 2. The van der Waals surface area contributed by atoms with Crippen LogP contribution in [-0.2, 0) is 14.3 Å². The number of hydrogen-bond acceptors (Lipinski definition) is 4. The lowest BCUT2D eigenvalue weighted by Gasteiger charge is -2.13. The van der Waals surface area contributed by atoms with E-state index in [-0.39, 0.29) is 6.61 Å². The van der Waals surface area contributed by atoms with Gasteiger partial charge in [0.25, 0.3) is 0 Å². The molecule has 0 aliphatic carbocycles. The average molecular weight is 257 g/mol. The highest BCUT2D eigenvalue weighted by molar-refractivity contribution is 5.80. The van der Waals surface area contributed by atoms with Crippen molar-refractivity contribution < 1.29 is 19.1 Å². The lowest BCUT2D eigenvalue weighted by molar-refractivity contribution is -0.145. The minimum atomic E-state index is -0.707. The number of hydrogen-bond donors (Lipinski definition) is 1. The molecule has 0 aromatic carbocycles. The minimum Gasteiger partial charge on any atom is -0.464 e. The Labute approximate surface area is 109 Å². The van der Waals surface area contributed by atoms with E-state index < -0.39 is 18.1 Å². The zero-order valence-electron chi connectivity index (χ0n) is 11.4. The first-order valence-corrected chi connectivity index (χ1v) is 6.18. The van der Waals surface area contributed by atoms with E-state index in [0.717, 1.165) is 12.8 Å². The molecular weight excluding hydrogens is 234 g/mol. The second kappa shape index (κ2) is 9.50. The standard InChI is InChI=1S/C13H23NO4/c1-5-8-18-13(16)14-11(4)12(15)17-9-6-7-10(2)3/h5,10-11H,1,6-9H2,2-4H3,(H,14,16). The van der Waals surface area contributed by atoms with Gasteiger partial charge >= 0.3 is 12.1 Å². The topological polar surface area (TPSA) is 64.6 Å². The van der Waals surface area contributed by atoms with Crippen molar-refractivity contribution in [3.8, 4) is 0 Å². The zero-order valence-corrected chi connectivity index (χ0v) is 11.4. The van der Waals surface area contributed by atoms with Crippen molar-refractivity contribution in [2.45, 2.75) is 39.7 Å². The second-order valence-electron chi connectivity index (χ2n) is 4.46. The molecule has 1 atom stereocenters. The fourth-order valence-corrected chi connectivity index (χ4v) is 1.20. The third-order valence-electron chi connectivity index (χ3n) is 2.19. The van der Waals surface area contributed by atoms with Gasteiger partial charge in [0.05, 0.1) is 6.61 Å². The van der Waals surface area contributed by atoms with Crippen LogP contribution in [0.2, 0.25) is 0 Å². The maximum atomic E-state index is 11.5. The van der Waals surface area contributed by atoms with Gasteiger partial charge < -0.3 is 14.8 Å². The van der Waals surface area contributed by atoms with E-state index in [1.54, 1.807) is 6.92 Å². The Morgan fingerprint density at radius 3 is 2.50 bits per heavy atom. The first-order valence-electron chi connectivity index (χ1n) is 6.18. The van der Waals surface area contributed by atoms with Gasteiger partial charge in [0.15, 0.2) is 0 Å². The van der Waals surface area contributed by atoms with Gasteiger partial charge in [-0.15, -0.1) is 0 Å². The molecule has 0 spiro atoms. The number of ether oxygens (including phenoxy) is 2. The van der Waals surface area contributed by atoms with Crippen molar-refractivity contribution in [2.24, 2.45) is 5.92 Å². The molecule has 0 fully saturated rings. The van der Waals surface area contributed by atoms with Crippen LogP contribution in [0.3, 0.4) is 0 Å². The quantitative estimate of drug-likeness (QED) is 0.411. The summed E-state index contributed by atoms with van der Waals surface area (Å²) in [5.41, 5.74) is 0. The van der Waals surface area contributed by atoms with Crippen LogP contribution >= 0.6 is 0 Å². The third-order valence-corrected chi connectivity index (χ3v) is 2.19. The summed E-state index contributed by atoms with van der Waals surface area (Å²) >= 11 is 0. The summed E-state index contributed by atoms with van der Waals surface area (Å²) in [6.45, 7) is 9.69. The summed E-state index contributed by atoms with van der Waals surface area (Å²) in [6.07, 6.45) is 2.64. The molecule has 0 aliphatic heterocycles. The molecule has 0 aliphatic rings. The fourth-order valence-electron chi connectivity index (χ4n) is 1.20. The summed E-state index contributed by atoms with van der Waals surface area (Å²) in [7, 11) is 0. The number of alkyl carbamates (subject to hydrolysis) is 1. The zero-order chi connectivity index (χ0) is 14.0. The highest BCUT2D eigenvalue weighted by Crippen LogP contribution is 2.03. The number of amides is 1. The number of rotatable bonds is 8. The van der Waals surface area contributed by atoms with E-state index in [4.69, 9.17) is 9.47 Å². The smallest absolute Gasteiger partial charge is 0.408 e. The first-order chi connectivity index (χ1) is 8.47. The Bertz CT molecular complexity index is 276. The molecule has 1 amide bonds. The van der Waals surface area contributed by atoms with E-state index in [9.17, 15) is 9.59 Å². The highest BCUT2D eigenvalue weighted by Gasteiger charge is 2.17. The van der Waals surface area contributed by atoms with Gasteiger partial charge in [-0.3, -0.25) is 0 Å². The maximum absolute atomic E-state index is 11.5. The lowest BCUT2D eigenvalue weighted by Crippen LogP contribution is -2.40. The normalized spacial score (nSPS) is 11.8. The minimum absolute atomic E-state index is 0.113. The molecule has 0 aromatic heterocycles. The van der Waals surface area contributed by atoms with Crippen LogP contribution in [0.25, 0.3) is 0 Å². The van der Waals surface area contributed by atoms with Crippen molar-refractivity contribution >= 4 is 12.1 Å². The van der Waals surface area contributed by atoms with Crippen LogP contribution < -0.4 is 5.32 Å². The molecule has 104 valence electrons. The summed E-state index contributed by atoms with van der Waals surface area (Å²) < 4.78 is 9.72. The molecule has 0 radical (unpaired) electrons. The van der Waals surface area contributed by atoms with E-state index in [1.807, 2.05) is 0 Å².